The molecule has 1 saturated heterocycles. The van der Waals surface area contributed by atoms with Crippen LogP contribution in [0.5, 0.6) is 0 Å². The third-order valence-electron chi connectivity index (χ3n) is 4.22. The predicted molar refractivity (Wildman–Crippen MR) is 83.5 cm³/mol. The van der Waals surface area contributed by atoms with E-state index < -0.39 is 0 Å². The number of hydrogen-bond acceptors (Lipinski definition) is 4. The Morgan fingerprint density at radius 2 is 2.10 bits per heavy atom. The van der Waals surface area contributed by atoms with E-state index in [1.807, 2.05) is 16.3 Å². The van der Waals surface area contributed by atoms with Crippen LogP contribution in [0.2, 0.25) is 0 Å². The highest BCUT2D eigenvalue weighted by atomic mass is 32.1. The lowest BCUT2D eigenvalue weighted by Gasteiger charge is -2.39. The Labute approximate surface area is 127 Å². The van der Waals surface area contributed by atoms with Gasteiger partial charge in [0.05, 0.1) is 11.8 Å². The van der Waals surface area contributed by atoms with Crippen LogP contribution in [0.4, 0.5) is 0 Å². The fourth-order valence-electron chi connectivity index (χ4n) is 3.13. The van der Waals surface area contributed by atoms with Gasteiger partial charge in [-0.1, -0.05) is 0 Å². The zero-order chi connectivity index (χ0) is 15.0. The van der Waals surface area contributed by atoms with Gasteiger partial charge in [0.25, 0.3) is 5.56 Å². The van der Waals surface area contributed by atoms with Crippen LogP contribution in [0, 0.1) is 0 Å². The van der Waals surface area contributed by atoms with Crippen molar-refractivity contribution in [2.75, 3.05) is 0 Å². The molecule has 0 radical (unpaired) electrons. The Morgan fingerprint density at radius 3 is 2.81 bits per heavy atom. The molecule has 1 fully saturated rings. The van der Waals surface area contributed by atoms with Gasteiger partial charge in [-0.25, -0.2) is 4.98 Å². The summed E-state index contributed by atoms with van der Waals surface area (Å²) >= 11 is 1.37. The Bertz CT molecular complexity index is 711. The van der Waals surface area contributed by atoms with Crippen molar-refractivity contribution in [1.29, 1.82) is 0 Å². The largest absolute Gasteiger partial charge is 0.336 e. The molecule has 2 aromatic heterocycles. The van der Waals surface area contributed by atoms with Gasteiger partial charge in [-0.2, -0.15) is 0 Å². The van der Waals surface area contributed by atoms with Crippen LogP contribution in [0.15, 0.2) is 22.6 Å². The molecular weight excluding hydrogens is 286 g/mol. The van der Waals surface area contributed by atoms with Crippen LogP contribution in [-0.4, -0.2) is 32.4 Å². The van der Waals surface area contributed by atoms with E-state index in [0.717, 1.165) is 19.3 Å². The van der Waals surface area contributed by atoms with Gasteiger partial charge >= 0.3 is 0 Å². The van der Waals surface area contributed by atoms with Gasteiger partial charge in [-0.15, -0.1) is 11.3 Å². The topological polar surface area (TPSA) is 55.2 Å². The SMILES string of the molecule is CC1CCCC(C)N1C(=O)Cn1cnc2ccsc2c1=O. The Kier molecular flexibility index (Phi) is 3.80. The second-order valence-electron chi connectivity index (χ2n) is 5.74. The second kappa shape index (κ2) is 5.60. The number of aromatic nitrogens is 2. The molecule has 1 aliphatic rings. The average molecular weight is 305 g/mol. The molecule has 21 heavy (non-hydrogen) atoms. The van der Waals surface area contributed by atoms with Gasteiger partial charge in [-0.05, 0) is 44.6 Å². The monoisotopic (exact) mass is 305 g/mol. The second-order valence-corrected chi connectivity index (χ2v) is 6.66. The number of nitrogens with zero attached hydrogens (tertiary/aromatic N) is 3. The molecule has 1 aliphatic heterocycles. The third-order valence-corrected chi connectivity index (χ3v) is 5.11. The molecular formula is C15H19N3O2S. The summed E-state index contributed by atoms with van der Waals surface area (Å²) in [6.07, 6.45) is 4.71. The van der Waals surface area contributed by atoms with Crippen LogP contribution in [0.25, 0.3) is 10.2 Å². The van der Waals surface area contributed by atoms with E-state index in [0.29, 0.717) is 10.2 Å². The number of thiophene rings is 1. The molecule has 2 unspecified atom stereocenters. The predicted octanol–water partition coefficient (Wildman–Crippen LogP) is 2.25. The normalized spacial score (nSPS) is 22.7. The van der Waals surface area contributed by atoms with Crippen LogP contribution < -0.4 is 5.56 Å². The molecule has 6 heteroatoms. The molecule has 0 aromatic carbocycles. The van der Waals surface area contributed by atoms with Crippen molar-refractivity contribution in [3.63, 3.8) is 0 Å². The summed E-state index contributed by atoms with van der Waals surface area (Å²) in [4.78, 5) is 31.1. The average Bonchev–Trinajstić information content (AvgIpc) is 2.91. The molecule has 3 heterocycles. The molecule has 0 spiro atoms. The minimum Gasteiger partial charge on any atom is -0.336 e. The number of hydrogen-bond donors (Lipinski definition) is 0. The van der Waals surface area contributed by atoms with E-state index in [2.05, 4.69) is 18.8 Å². The van der Waals surface area contributed by atoms with Crippen molar-refractivity contribution in [3.8, 4) is 0 Å². The van der Waals surface area contributed by atoms with Crippen molar-refractivity contribution in [2.24, 2.45) is 0 Å². The van der Waals surface area contributed by atoms with E-state index in [1.165, 1.54) is 22.2 Å². The van der Waals surface area contributed by atoms with Gasteiger partial charge in [0.15, 0.2) is 0 Å². The number of rotatable bonds is 2. The third kappa shape index (κ3) is 2.60. The van der Waals surface area contributed by atoms with Crippen LogP contribution in [0.1, 0.15) is 33.1 Å². The molecule has 2 atom stereocenters. The molecule has 5 nitrogen and oxygen atoms in total. The lowest BCUT2D eigenvalue weighted by molar-refractivity contribution is -0.138. The number of carbonyl (C=O) groups excluding carboxylic acids is 1. The number of amides is 1. The van der Waals surface area contributed by atoms with E-state index in [9.17, 15) is 9.59 Å². The summed E-state index contributed by atoms with van der Waals surface area (Å²) in [5, 5.41) is 1.85. The maximum Gasteiger partial charge on any atom is 0.271 e. The van der Waals surface area contributed by atoms with Gasteiger partial charge in [0, 0.05) is 12.1 Å². The van der Waals surface area contributed by atoms with Crippen LogP contribution in [0.3, 0.4) is 0 Å². The molecule has 0 bridgehead atoms. The highest BCUT2D eigenvalue weighted by Gasteiger charge is 2.29. The maximum absolute atomic E-state index is 12.6. The summed E-state index contributed by atoms with van der Waals surface area (Å²) in [6, 6.07) is 2.31. The van der Waals surface area contributed by atoms with Crippen molar-refractivity contribution in [3.05, 3.63) is 28.1 Å². The van der Waals surface area contributed by atoms with E-state index in [-0.39, 0.29) is 30.1 Å². The number of piperidine rings is 1. The van der Waals surface area contributed by atoms with Gasteiger partial charge in [0.2, 0.25) is 5.91 Å². The fraction of sp³-hybridized carbons (Fsp3) is 0.533. The Morgan fingerprint density at radius 1 is 1.38 bits per heavy atom. The number of carbonyl (C=O) groups is 1. The van der Waals surface area contributed by atoms with Gasteiger partial charge < -0.3 is 4.90 Å². The zero-order valence-corrected chi connectivity index (χ0v) is 13.1. The summed E-state index contributed by atoms with van der Waals surface area (Å²) in [5.41, 5.74) is 0.578. The van der Waals surface area contributed by atoms with E-state index >= 15 is 0 Å². The van der Waals surface area contributed by atoms with Gasteiger partial charge in [-0.3, -0.25) is 14.2 Å². The first-order valence-electron chi connectivity index (χ1n) is 7.31. The Hall–Kier alpha value is -1.69. The molecule has 0 N–H and O–H groups in total. The summed E-state index contributed by atoms with van der Waals surface area (Å²) in [6.45, 7) is 4.24. The smallest absolute Gasteiger partial charge is 0.271 e. The molecule has 112 valence electrons. The lowest BCUT2D eigenvalue weighted by atomic mass is 9.97. The molecule has 0 saturated carbocycles. The highest BCUT2D eigenvalue weighted by molar-refractivity contribution is 7.17. The first-order chi connectivity index (χ1) is 10.1. The van der Waals surface area contributed by atoms with Crippen molar-refractivity contribution in [2.45, 2.75) is 51.7 Å². The minimum atomic E-state index is -0.124. The van der Waals surface area contributed by atoms with Gasteiger partial charge in [0.1, 0.15) is 11.2 Å². The number of fused-ring (bicyclic) bond motifs is 1. The zero-order valence-electron chi connectivity index (χ0n) is 12.3. The summed E-state index contributed by atoms with van der Waals surface area (Å²) < 4.78 is 2.04. The van der Waals surface area contributed by atoms with E-state index in [4.69, 9.17) is 0 Å². The van der Waals surface area contributed by atoms with Crippen molar-refractivity contribution >= 4 is 27.5 Å². The standard InChI is InChI=1S/C15H19N3O2S/c1-10-4-3-5-11(2)18(10)13(19)8-17-9-16-12-6-7-21-14(12)15(17)20/h6-7,9-11H,3-5,8H2,1-2H3. The number of likely N-dealkylation sites (tertiary alicyclic amines) is 1. The maximum atomic E-state index is 12.6. The van der Waals surface area contributed by atoms with Crippen LogP contribution >= 0.6 is 11.3 Å². The highest BCUT2D eigenvalue weighted by Crippen LogP contribution is 2.22. The lowest BCUT2D eigenvalue weighted by Crippen LogP contribution is -2.49. The Balaban J connectivity index is 1.85. The molecule has 3 rings (SSSR count). The fourth-order valence-corrected chi connectivity index (χ4v) is 3.92. The van der Waals surface area contributed by atoms with Crippen molar-refractivity contribution < 1.29 is 4.79 Å². The molecule has 1 amide bonds. The summed E-state index contributed by atoms with van der Waals surface area (Å²) in [5.74, 6) is 0.00880. The molecule has 0 aliphatic carbocycles. The quantitative estimate of drug-likeness (QED) is 0.855. The first-order valence-corrected chi connectivity index (χ1v) is 8.19. The minimum absolute atomic E-state index is 0.00880. The van der Waals surface area contributed by atoms with Crippen molar-refractivity contribution in [1.82, 2.24) is 14.5 Å². The summed E-state index contributed by atoms with van der Waals surface area (Å²) in [7, 11) is 0. The van der Waals surface area contributed by atoms with E-state index in [1.54, 1.807) is 0 Å². The van der Waals surface area contributed by atoms with Crippen LogP contribution in [-0.2, 0) is 11.3 Å². The molecule has 2 aromatic rings. The first kappa shape index (κ1) is 14.3.